The molecule has 6 fully saturated rings. The second kappa shape index (κ2) is 11.8. The number of hydrazine groups is 1. The minimum Gasteiger partial charge on any atom is -0.366 e. The maximum atomic E-state index is 13.3. The zero-order valence-electron chi connectivity index (χ0n) is 24.5. The van der Waals surface area contributed by atoms with Crippen LogP contribution >= 0.6 is 0 Å². The van der Waals surface area contributed by atoms with E-state index >= 15 is 0 Å². The van der Waals surface area contributed by atoms with Crippen molar-refractivity contribution in [3.8, 4) is 0 Å². The second-order valence-corrected chi connectivity index (χ2v) is 13.7. The molecular formula is C28H51F3N8O. The van der Waals surface area contributed by atoms with Crippen LogP contribution in [0.1, 0.15) is 58.8 Å². The Morgan fingerprint density at radius 1 is 0.925 bits per heavy atom. The van der Waals surface area contributed by atoms with Crippen LogP contribution in [0.15, 0.2) is 0 Å². The molecule has 6 rings (SSSR count). The summed E-state index contributed by atoms with van der Waals surface area (Å²) in [5.74, 6) is 1.90. The Hall–Kier alpha value is -0.570. The maximum absolute atomic E-state index is 13.3. The predicted molar refractivity (Wildman–Crippen MR) is 148 cm³/mol. The Morgan fingerprint density at radius 3 is 2.27 bits per heavy atom. The number of hydrogen-bond acceptors (Lipinski definition) is 9. The molecule has 6 N–H and O–H groups in total. The van der Waals surface area contributed by atoms with Crippen molar-refractivity contribution in [1.82, 2.24) is 41.9 Å². The fourth-order valence-electron chi connectivity index (χ4n) is 8.63. The van der Waals surface area contributed by atoms with Crippen LogP contribution in [0.4, 0.5) is 13.2 Å². The van der Waals surface area contributed by atoms with Gasteiger partial charge in [-0.25, -0.2) is 10.4 Å². The molecular weight excluding hydrogens is 521 g/mol. The van der Waals surface area contributed by atoms with Crippen LogP contribution in [0.3, 0.4) is 0 Å². The van der Waals surface area contributed by atoms with Gasteiger partial charge in [0, 0.05) is 57.0 Å². The lowest BCUT2D eigenvalue weighted by Crippen LogP contribution is -2.72. The summed E-state index contributed by atoms with van der Waals surface area (Å²) >= 11 is 0. The third-order valence-corrected chi connectivity index (χ3v) is 10.8. The minimum absolute atomic E-state index is 0.0111. The third-order valence-electron chi connectivity index (χ3n) is 10.8. The fourth-order valence-corrected chi connectivity index (χ4v) is 8.63. The second-order valence-electron chi connectivity index (χ2n) is 13.7. The maximum Gasteiger partial charge on any atom is 0.405 e. The molecule has 0 aromatic heterocycles. The normalized spacial score (nSPS) is 45.8. The van der Waals surface area contributed by atoms with Crippen molar-refractivity contribution >= 4 is 0 Å². The molecule has 2 aliphatic carbocycles. The standard InChI is InChI=1S/C28H51F3N8O/c1-15(2)39-20(11-16-5-7-18(8-6-16)26-35-21(13-38(26)3)28(29,30)31)24-19(37-39)12-32-25(36-24)22-23(17-9-10-17)33-14-34-27(22)40-4/h15-27,32-37H,5-14H2,1-4H3. The Balaban J connectivity index is 1.09. The number of likely N-dealkylation sites (N-methyl/N-ethyl adjacent to an activating group) is 1. The van der Waals surface area contributed by atoms with Crippen LogP contribution in [-0.4, -0.2) is 105 Å². The smallest absolute Gasteiger partial charge is 0.366 e. The molecule has 230 valence electrons. The monoisotopic (exact) mass is 572 g/mol. The van der Waals surface area contributed by atoms with Gasteiger partial charge in [0.2, 0.25) is 0 Å². The largest absolute Gasteiger partial charge is 0.405 e. The summed E-state index contributed by atoms with van der Waals surface area (Å²) in [5, 5.41) is 20.5. The van der Waals surface area contributed by atoms with Crippen molar-refractivity contribution in [3.63, 3.8) is 0 Å². The lowest BCUT2D eigenvalue weighted by atomic mass is 9.76. The number of rotatable bonds is 7. The van der Waals surface area contributed by atoms with Gasteiger partial charge in [0.25, 0.3) is 0 Å². The first-order valence-corrected chi connectivity index (χ1v) is 15.7. The van der Waals surface area contributed by atoms with Crippen molar-refractivity contribution in [2.24, 2.45) is 23.7 Å². The minimum atomic E-state index is -4.18. The molecule has 40 heavy (non-hydrogen) atoms. The van der Waals surface area contributed by atoms with E-state index in [1.54, 1.807) is 0 Å². The number of ether oxygens (including phenoxy) is 1. The van der Waals surface area contributed by atoms with Crippen LogP contribution in [0.2, 0.25) is 0 Å². The van der Waals surface area contributed by atoms with Crippen molar-refractivity contribution < 1.29 is 17.9 Å². The molecule has 9 atom stereocenters. The van der Waals surface area contributed by atoms with E-state index in [0.717, 1.165) is 51.2 Å². The van der Waals surface area contributed by atoms with E-state index in [-0.39, 0.29) is 31.0 Å². The van der Waals surface area contributed by atoms with Gasteiger partial charge in [-0.05, 0) is 70.8 Å². The first-order chi connectivity index (χ1) is 19.1. The zero-order chi connectivity index (χ0) is 28.2. The molecule has 4 saturated heterocycles. The van der Waals surface area contributed by atoms with Crippen LogP contribution in [0, 0.1) is 23.7 Å². The van der Waals surface area contributed by atoms with E-state index in [2.05, 4.69) is 50.9 Å². The molecule has 2 saturated carbocycles. The average Bonchev–Trinajstić information content (AvgIpc) is 3.61. The van der Waals surface area contributed by atoms with Gasteiger partial charge >= 0.3 is 6.18 Å². The molecule has 0 bridgehead atoms. The van der Waals surface area contributed by atoms with E-state index in [9.17, 15) is 13.2 Å². The average molecular weight is 573 g/mol. The van der Waals surface area contributed by atoms with Crippen LogP contribution in [-0.2, 0) is 4.74 Å². The number of halogens is 3. The lowest BCUT2D eigenvalue weighted by molar-refractivity contribution is -0.150. The first-order valence-electron chi connectivity index (χ1n) is 15.7. The van der Waals surface area contributed by atoms with E-state index in [1.807, 2.05) is 19.1 Å². The van der Waals surface area contributed by atoms with E-state index in [4.69, 9.17) is 4.74 Å². The molecule has 4 aliphatic heterocycles. The van der Waals surface area contributed by atoms with Gasteiger partial charge in [-0.2, -0.15) is 13.2 Å². The number of nitrogens with zero attached hydrogens (tertiary/aromatic N) is 2. The summed E-state index contributed by atoms with van der Waals surface area (Å²) in [6.07, 6.45) is 3.66. The van der Waals surface area contributed by atoms with Crippen molar-refractivity contribution in [2.45, 2.75) is 120 Å². The molecule has 4 heterocycles. The Labute approximate surface area is 237 Å². The molecule has 0 amide bonds. The summed E-state index contributed by atoms with van der Waals surface area (Å²) in [7, 11) is 3.64. The molecule has 0 aromatic carbocycles. The van der Waals surface area contributed by atoms with Gasteiger partial charge in [0.05, 0.1) is 18.4 Å². The molecule has 0 spiro atoms. The Morgan fingerprint density at radius 2 is 1.65 bits per heavy atom. The predicted octanol–water partition coefficient (Wildman–Crippen LogP) is 1.35. The highest BCUT2D eigenvalue weighted by atomic mass is 19.4. The summed E-state index contributed by atoms with van der Waals surface area (Å²) in [6, 6.07) is 0.458. The number of methoxy groups -OCH3 is 1. The van der Waals surface area contributed by atoms with Gasteiger partial charge in [-0.3, -0.25) is 26.2 Å². The highest BCUT2D eigenvalue weighted by molar-refractivity contribution is 5.08. The molecule has 6 aliphatic rings. The van der Waals surface area contributed by atoms with Crippen molar-refractivity contribution in [2.75, 3.05) is 33.9 Å². The van der Waals surface area contributed by atoms with Crippen LogP contribution in [0.5, 0.6) is 0 Å². The molecule has 9 nitrogen and oxygen atoms in total. The van der Waals surface area contributed by atoms with Gasteiger partial charge in [-0.1, -0.05) is 12.8 Å². The third kappa shape index (κ3) is 5.94. The molecule has 0 aromatic rings. The van der Waals surface area contributed by atoms with Crippen LogP contribution < -0.4 is 32.0 Å². The summed E-state index contributed by atoms with van der Waals surface area (Å²) in [4.78, 5) is 1.88. The topological polar surface area (TPSA) is 87.9 Å². The molecule has 0 radical (unpaired) electrons. The van der Waals surface area contributed by atoms with Crippen molar-refractivity contribution in [3.05, 3.63) is 0 Å². The number of fused-ring (bicyclic) bond motifs is 1. The Kier molecular flexibility index (Phi) is 8.73. The fraction of sp³-hybridized carbons (Fsp3) is 1.00. The summed E-state index contributed by atoms with van der Waals surface area (Å²) < 4.78 is 45.9. The Bertz CT molecular complexity index is 854. The van der Waals surface area contributed by atoms with E-state index in [1.165, 1.54) is 12.8 Å². The highest BCUT2D eigenvalue weighted by Gasteiger charge is 2.52. The van der Waals surface area contributed by atoms with Gasteiger partial charge in [0.15, 0.2) is 0 Å². The molecule has 9 unspecified atom stereocenters. The summed E-state index contributed by atoms with van der Waals surface area (Å²) in [5.41, 5.74) is 3.83. The molecule has 12 heteroatoms. The van der Waals surface area contributed by atoms with Gasteiger partial charge in [-0.15, -0.1) is 0 Å². The number of nitrogens with one attached hydrogen (secondary N) is 6. The van der Waals surface area contributed by atoms with E-state index < -0.39 is 12.2 Å². The number of alkyl halides is 3. The van der Waals surface area contributed by atoms with Gasteiger partial charge in [0.1, 0.15) is 12.3 Å². The zero-order valence-corrected chi connectivity index (χ0v) is 24.5. The SMILES string of the molecule is COC1NCNC(C2CC2)C1C1NCC2NN(C(C)C)C(CC3CCC(C4NC(C(F)(F)F)CN4C)CC3)C2N1. The summed E-state index contributed by atoms with van der Waals surface area (Å²) in [6.45, 7) is 6.27. The van der Waals surface area contributed by atoms with Crippen molar-refractivity contribution in [1.29, 1.82) is 0 Å². The van der Waals surface area contributed by atoms with Crippen LogP contribution in [0.25, 0.3) is 0 Å². The first kappa shape index (κ1) is 29.5. The highest BCUT2D eigenvalue weighted by Crippen LogP contribution is 2.41. The number of hydrogen-bond donors (Lipinski definition) is 6. The van der Waals surface area contributed by atoms with E-state index in [0.29, 0.717) is 42.0 Å². The quantitative estimate of drug-likeness (QED) is 0.271. The lowest BCUT2D eigenvalue weighted by Gasteiger charge is -2.47. The van der Waals surface area contributed by atoms with Gasteiger partial charge < -0.3 is 10.1 Å².